The van der Waals surface area contributed by atoms with Crippen LogP contribution in [0.3, 0.4) is 0 Å². The minimum atomic E-state index is -0.285. The largest absolute Gasteiger partial charge is 0.250 e. The van der Waals surface area contributed by atoms with E-state index in [9.17, 15) is 4.39 Å². The van der Waals surface area contributed by atoms with E-state index in [4.69, 9.17) is 5.26 Å². The van der Waals surface area contributed by atoms with Gasteiger partial charge in [0.1, 0.15) is 5.82 Å². The zero-order valence-electron chi connectivity index (χ0n) is 8.93. The molecule has 4 heteroatoms. The summed E-state index contributed by atoms with van der Waals surface area (Å²) in [5, 5.41) is 9.59. The second-order valence-corrected chi connectivity index (χ2v) is 4.37. The maximum Gasteiger partial charge on any atom is 0.127 e. The van der Waals surface area contributed by atoms with Crippen molar-refractivity contribution in [1.29, 1.82) is 5.26 Å². The molecule has 2 aromatic rings. The highest BCUT2D eigenvalue weighted by Gasteiger charge is 2.04. The number of aromatic nitrogens is 1. The first-order valence-electron chi connectivity index (χ1n) is 5.02. The van der Waals surface area contributed by atoms with E-state index < -0.39 is 0 Å². The van der Waals surface area contributed by atoms with Crippen molar-refractivity contribution in [2.75, 3.05) is 0 Å². The molecule has 0 N–H and O–H groups in total. The summed E-state index contributed by atoms with van der Waals surface area (Å²) in [7, 11) is 0. The van der Waals surface area contributed by atoms with Crippen molar-refractivity contribution in [3.63, 3.8) is 0 Å². The normalized spacial score (nSPS) is 9.88. The second kappa shape index (κ2) is 5.46. The molecule has 0 fully saturated rings. The molecule has 0 atom stereocenters. The van der Waals surface area contributed by atoms with Gasteiger partial charge in [0.15, 0.2) is 0 Å². The van der Waals surface area contributed by atoms with Crippen LogP contribution in [-0.4, -0.2) is 4.98 Å². The van der Waals surface area contributed by atoms with E-state index in [1.54, 1.807) is 12.3 Å². The SMILES string of the molecule is N#Cc1ccc(F)c(CSc2ccccn2)c1. The van der Waals surface area contributed by atoms with Gasteiger partial charge in [0.25, 0.3) is 0 Å². The summed E-state index contributed by atoms with van der Waals surface area (Å²) in [6.45, 7) is 0. The van der Waals surface area contributed by atoms with E-state index in [1.807, 2.05) is 24.3 Å². The summed E-state index contributed by atoms with van der Waals surface area (Å²) in [4.78, 5) is 4.14. The van der Waals surface area contributed by atoms with Gasteiger partial charge < -0.3 is 0 Å². The lowest BCUT2D eigenvalue weighted by Gasteiger charge is -2.03. The molecule has 2 nitrogen and oxygen atoms in total. The Kier molecular flexibility index (Phi) is 3.73. The number of hydrogen-bond acceptors (Lipinski definition) is 3. The third kappa shape index (κ3) is 3.05. The van der Waals surface area contributed by atoms with Crippen LogP contribution in [0.25, 0.3) is 0 Å². The van der Waals surface area contributed by atoms with Crippen LogP contribution >= 0.6 is 11.8 Å². The first kappa shape index (κ1) is 11.6. The van der Waals surface area contributed by atoms with Crippen molar-refractivity contribution < 1.29 is 4.39 Å². The fraction of sp³-hybridized carbons (Fsp3) is 0.0769. The average Bonchev–Trinajstić information content (AvgIpc) is 2.39. The van der Waals surface area contributed by atoms with Gasteiger partial charge in [0, 0.05) is 11.9 Å². The van der Waals surface area contributed by atoms with E-state index in [1.165, 1.54) is 23.9 Å². The Morgan fingerprint density at radius 3 is 2.88 bits per heavy atom. The number of nitriles is 1. The summed E-state index contributed by atoms with van der Waals surface area (Å²) in [6, 6.07) is 12.0. The average molecular weight is 244 g/mol. The highest BCUT2D eigenvalue weighted by molar-refractivity contribution is 7.98. The minimum Gasteiger partial charge on any atom is -0.250 e. The minimum absolute atomic E-state index is 0.285. The summed E-state index contributed by atoms with van der Waals surface area (Å²) in [5.74, 6) is 0.186. The van der Waals surface area contributed by atoms with Crippen molar-refractivity contribution >= 4 is 11.8 Å². The number of thioether (sulfide) groups is 1. The molecular formula is C13H9FN2S. The Labute approximate surface area is 103 Å². The van der Waals surface area contributed by atoms with Crippen LogP contribution in [0.15, 0.2) is 47.6 Å². The van der Waals surface area contributed by atoms with Crippen molar-refractivity contribution in [3.8, 4) is 6.07 Å². The van der Waals surface area contributed by atoms with Gasteiger partial charge in [-0.3, -0.25) is 0 Å². The zero-order chi connectivity index (χ0) is 12.1. The predicted octanol–water partition coefficient (Wildman–Crippen LogP) is 3.38. The molecule has 0 amide bonds. The van der Waals surface area contributed by atoms with Crippen molar-refractivity contribution in [1.82, 2.24) is 4.98 Å². The van der Waals surface area contributed by atoms with E-state index >= 15 is 0 Å². The Morgan fingerprint density at radius 1 is 1.29 bits per heavy atom. The lowest BCUT2D eigenvalue weighted by Crippen LogP contribution is -1.89. The fourth-order valence-corrected chi connectivity index (χ4v) is 2.17. The number of hydrogen-bond donors (Lipinski definition) is 0. The van der Waals surface area contributed by atoms with E-state index in [-0.39, 0.29) is 5.82 Å². The van der Waals surface area contributed by atoms with Crippen molar-refractivity contribution in [3.05, 3.63) is 59.5 Å². The number of halogens is 1. The zero-order valence-corrected chi connectivity index (χ0v) is 9.75. The van der Waals surface area contributed by atoms with Crippen LogP contribution in [0, 0.1) is 17.1 Å². The molecule has 17 heavy (non-hydrogen) atoms. The van der Waals surface area contributed by atoms with E-state index in [0.717, 1.165) is 5.03 Å². The smallest absolute Gasteiger partial charge is 0.127 e. The molecule has 0 spiro atoms. The van der Waals surface area contributed by atoms with Crippen molar-refractivity contribution in [2.45, 2.75) is 10.8 Å². The third-order valence-electron chi connectivity index (χ3n) is 2.19. The summed E-state index contributed by atoms with van der Waals surface area (Å²) in [6.07, 6.45) is 1.70. The number of nitrogens with zero attached hydrogens (tertiary/aromatic N) is 2. The van der Waals surface area contributed by atoms with E-state index in [0.29, 0.717) is 16.9 Å². The van der Waals surface area contributed by atoms with Crippen LogP contribution in [0.4, 0.5) is 4.39 Å². The number of benzene rings is 1. The summed E-state index contributed by atoms with van der Waals surface area (Å²) < 4.78 is 13.5. The molecule has 0 saturated carbocycles. The highest BCUT2D eigenvalue weighted by Crippen LogP contribution is 2.22. The molecule has 1 heterocycles. The second-order valence-electron chi connectivity index (χ2n) is 3.37. The lowest BCUT2D eigenvalue weighted by atomic mass is 10.1. The molecule has 0 aliphatic rings. The quantitative estimate of drug-likeness (QED) is 0.776. The molecule has 0 saturated heterocycles. The molecule has 2 rings (SSSR count). The summed E-state index contributed by atoms with van der Waals surface area (Å²) in [5.41, 5.74) is 1.00. The van der Waals surface area contributed by atoms with Crippen molar-refractivity contribution in [2.24, 2.45) is 0 Å². The van der Waals surface area contributed by atoms with Gasteiger partial charge in [-0.2, -0.15) is 5.26 Å². The molecule has 0 bridgehead atoms. The standard InChI is InChI=1S/C13H9FN2S/c14-12-5-4-10(8-15)7-11(12)9-17-13-3-1-2-6-16-13/h1-7H,9H2. The molecule has 0 unspecified atom stereocenters. The Bertz CT molecular complexity index is 549. The predicted molar refractivity (Wildman–Crippen MR) is 64.9 cm³/mol. The van der Waals surface area contributed by atoms with Crippen LogP contribution in [0.5, 0.6) is 0 Å². The maximum atomic E-state index is 13.5. The molecule has 1 aromatic carbocycles. The van der Waals surface area contributed by atoms with Gasteiger partial charge in [0.2, 0.25) is 0 Å². The Morgan fingerprint density at radius 2 is 2.18 bits per heavy atom. The first-order chi connectivity index (χ1) is 8.29. The Balaban J connectivity index is 2.12. The topological polar surface area (TPSA) is 36.7 Å². The lowest BCUT2D eigenvalue weighted by molar-refractivity contribution is 0.617. The first-order valence-corrected chi connectivity index (χ1v) is 6.00. The van der Waals surface area contributed by atoms with Gasteiger partial charge >= 0.3 is 0 Å². The Hall–Kier alpha value is -1.86. The molecular weight excluding hydrogens is 235 g/mol. The molecule has 1 aromatic heterocycles. The van der Waals surface area contributed by atoms with Gasteiger partial charge in [-0.05, 0) is 35.9 Å². The number of rotatable bonds is 3. The van der Waals surface area contributed by atoms with Crippen LogP contribution in [0.2, 0.25) is 0 Å². The van der Waals surface area contributed by atoms with Gasteiger partial charge in [-0.1, -0.05) is 6.07 Å². The van der Waals surface area contributed by atoms with Crippen LogP contribution in [0.1, 0.15) is 11.1 Å². The van der Waals surface area contributed by atoms with Gasteiger partial charge in [0.05, 0.1) is 16.7 Å². The van der Waals surface area contributed by atoms with Gasteiger partial charge in [-0.25, -0.2) is 9.37 Å². The highest BCUT2D eigenvalue weighted by atomic mass is 32.2. The molecule has 0 radical (unpaired) electrons. The third-order valence-corrected chi connectivity index (χ3v) is 3.18. The molecule has 84 valence electrons. The fourth-order valence-electron chi connectivity index (χ4n) is 1.34. The van der Waals surface area contributed by atoms with Crippen LogP contribution in [-0.2, 0) is 5.75 Å². The number of pyridine rings is 1. The monoisotopic (exact) mass is 244 g/mol. The molecule has 0 aliphatic heterocycles. The summed E-state index contributed by atoms with van der Waals surface area (Å²) >= 11 is 1.45. The molecule has 0 aliphatic carbocycles. The maximum absolute atomic E-state index is 13.5. The van der Waals surface area contributed by atoms with Crippen LogP contribution < -0.4 is 0 Å². The van der Waals surface area contributed by atoms with E-state index in [2.05, 4.69) is 4.98 Å². The van der Waals surface area contributed by atoms with Gasteiger partial charge in [-0.15, -0.1) is 11.8 Å².